The molecule has 0 spiro atoms. The van der Waals surface area contributed by atoms with E-state index in [0.29, 0.717) is 17.2 Å². The van der Waals surface area contributed by atoms with Crippen LogP contribution in [0.2, 0.25) is 5.02 Å². The Labute approximate surface area is 153 Å². The minimum Gasteiger partial charge on any atom is -0.494 e. The Hall–Kier alpha value is -2.33. The minimum absolute atomic E-state index is 0.280. The molecule has 0 aromatic heterocycles. The zero-order valence-corrected chi connectivity index (χ0v) is 15.1. The van der Waals surface area contributed by atoms with E-state index in [9.17, 15) is 4.79 Å². The Kier molecular flexibility index (Phi) is 7.99. The summed E-state index contributed by atoms with van der Waals surface area (Å²) in [5.41, 5.74) is 3.76. The second-order valence-electron chi connectivity index (χ2n) is 5.65. The van der Waals surface area contributed by atoms with Crippen LogP contribution in [0.25, 0.3) is 0 Å². The third-order valence-corrected chi connectivity index (χ3v) is 4.00. The molecule has 0 saturated heterocycles. The van der Waals surface area contributed by atoms with Crippen LogP contribution in [0.5, 0.6) is 5.75 Å². The van der Waals surface area contributed by atoms with E-state index >= 15 is 0 Å². The quantitative estimate of drug-likeness (QED) is 0.387. The fourth-order valence-electron chi connectivity index (χ4n) is 2.23. The summed E-state index contributed by atoms with van der Waals surface area (Å²) in [6.07, 6.45) is 6.20. The lowest BCUT2D eigenvalue weighted by atomic mass is 10.2. The van der Waals surface area contributed by atoms with Gasteiger partial charge in [-0.25, -0.2) is 5.43 Å². The van der Waals surface area contributed by atoms with Crippen LogP contribution in [0.4, 0.5) is 0 Å². The van der Waals surface area contributed by atoms with E-state index in [2.05, 4.69) is 17.5 Å². The summed E-state index contributed by atoms with van der Waals surface area (Å²) in [6.45, 7) is 2.89. The van der Waals surface area contributed by atoms with E-state index in [-0.39, 0.29) is 5.91 Å². The lowest BCUT2D eigenvalue weighted by Crippen LogP contribution is -2.17. The molecule has 0 fully saturated rings. The minimum atomic E-state index is -0.280. The Bertz CT molecular complexity index is 699. The van der Waals surface area contributed by atoms with Crippen molar-refractivity contribution in [2.45, 2.75) is 32.6 Å². The lowest BCUT2D eigenvalue weighted by molar-refractivity contribution is 0.0955. The molecule has 0 aliphatic rings. The lowest BCUT2D eigenvalue weighted by Gasteiger charge is -2.06. The molecule has 2 aromatic carbocycles. The van der Waals surface area contributed by atoms with Gasteiger partial charge in [0.05, 0.1) is 12.8 Å². The Morgan fingerprint density at radius 2 is 1.88 bits per heavy atom. The molecule has 4 nitrogen and oxygen atoms in total. The first-order valence-corrected chi connectivity index (χ1v) is 8.89. The number of halogens is 1. The third kappa shape index (κ3) is 6.59. The molecule has 0 atom stereocenters. The highest BCUT2D eigenvalue weighted by atomic mass is 35.5. The monoisotopic (exact) mass is 358 g/mol. The molecule has 132 valence electrons. The Morgan fingerprint density at radius 1 is 1.12 bits per heavy atom. The largest absolute Gasteiger partial charge is 0.494 e. The van der Waals surface area contributed by atoms with E-state index < -0.39 is 0 Å². The number of carbonyl (C=O) groups is 1. The predicted molar refractivity (Wildman–Crippen MR) is 103 cm³/mol. The van der Waals surface area contributed by atoms with Crippen molar-refractivity contribution in [3.05, 3.63) is 64.7 Å². The van der Waals surface area contributed by atoms with Gasteiger partial charge >= 0.3 is 0 Å². The van der Waals surface area contributed by atoms with Gasteiger partial charge in [0.2, 0.25) is 0 Å². The van der Waals surface area contributed by atoms with Crippen molar-refractivity contribution >= 4 is 23.7 Å². The van der Waals surface area contributed by atoms with Crippen molar-refractivity contribution < 1.29 is 9.53 Å². The molecule has 0 aliphatic carbocycles. The molecule has 0 bridgehead atoms. The average Bonchev–Trinajstić information content (AvgIpc) is 2.63. The van der Waals surface area contributed by atoms with Gasteiger partial charge in [0, 0.05) is 16.1 Å². The van der Waals surface area contributed by atoms with Gasteiger partial charge in [-0.05, 0) is 36.8 Å². The summed E-state index contributed by atoms with van der Waals surface area (Å²) < 4.78 is 5.66. The van der Waals surface area contributed by atoms with Gasteiger partial charge in [0.15, 0.2) is 0 Å². The number of carbonyl (C=O) groups excluding carboxylic acids is 1. The number of amides is 1. The van der Waals surface area contributed by atoms with Crippen molar-refractivity contribution in [3.63, 3.8) is 0 Å². The number of hydrogen-bond donors (Lipinski definition) is 1. The molecule has 0 heterocycles. The summed E-state index contributed by atoms with van der Waals surface area (Å²) in [5.74, 6) is 0.491. The molecule has 0 radical (unpaired) electrons. The van der Waals surface area contributed by atoms with Crippen LogP contribution < -0.4 is 10.2 Å². The van der Waals surface area contributed by atoms with Crippen LogP contribution in [0, 0.1) is 0 Å². The number of hydrazone groups is 1. The highest BCUT2D eigenvalue weighted by Gasteiger charge is 2.04. The number of nitrogens with zero attached hydrogens (tertiary/aromatic N) is 1. The van der Waals surface area contributed by atoms with Gasteiger partial charge in [-0.15, -0.1) is 0 Å². The molecule has 0 unspecified atom stereocenters. The maximum absolute atomic E-state index is 12.1. The fourth-order valence-corrected chi connectivity index (χ4v) is 2.41. The molecule has 2 rings (SSSR count). The first kappa shape index (κ1) is 19.0. The molecular weight excluding hydrogens is 336 g/mol. The van der Waals surface area contributed by atoms with E-state index in [1.54, 1.807) is 30.3 Å². The molecule has 0 aliphatic heterocycles. The van der Waals surface area contributed by atoms with Crippen LogP contribution in [0.3, 0.4) is 0 Å². The highest BCUT2D eigenvalue weighted by molar-refractivity contribution is 6.33. The molecule has 0 saturated carbocycles. The number of nitrogens with one attached hydrogen (secondary N) is 1. The highest BCUT2D eigenvalue weighted by Crippen LogP contribution is 2.14. The van der Waals surface area contributed by atoms with Gasteiger partial charge in [-0.3, -0.25) is 4.79 Å². The molecular formula is C20H23ClN2O2. The second-order valence-corrected chi connectivity index (χ2v) is 6.06. The Morgan fingerprint density at radius 3 is 2.60 bits per heavy atom. The summed E-state index contributed by atoms with van der Waals surface area (Å²) in [6, 6.07) is 14.3. The summed E-state index contributed by atoms with van der Waals surface area (Å²) >= 11 is 6.03. The van der Waals surface area contributed by atoms with Crippen molar-refractivity contribution in [2.75, 3.05) is 6.61 Å². The van der Waals surface area contributed by atoms with E-state index in [1.807, 2.05) is 18.2 Å². The smallest absolute Gasteiger partial charge is 0.271 e. The fraction of sp³-hybridized carbons (Fsp3) is 0.300. The molecule has 2 aromatic rings. The zero-order valence-electron chi connectivity index (χ0n) is 14.4. The number of rotatable bonds is 9. The van der Waals surface area contributed by atoms with Crippen molar-refractivity contribution in [2.24, 2.45) is 5.10 Å². The molecule has 1 amide bonds. The normalized spacial score (nSPS) is 10.8. The third-order valence-electron chi connectivity index (χ3n) is 3.66. The molecule has 5 heteroatoms. The predicted octanol–water partition coefficient (Wildman–Crippen LogP) is 5.06. The van der Waals surface area contributed by atoms with Crippen LogP contribution in [0.1, 0.15) is 48.5 Å². The Balaban J connectivity index is 1.81. The summed E-state index contributed by atoms with van der Waals surface area (Å²) in [7, 11) is 0. The summed E-state index contributed by atoms with van der Waals surface area (Å²) in [4.78, 5) is 12.1. The first-order chi connectivity index (χ1) is 12.2. The first-order valence-electron chi connectivity index (χ1n) is 8.51. The van der Waals surface area contributed by atoms with E-state index in [4.69, 9.17) is 16.3 Å². The van der Waals surface area contributed by atoms with Gasteiger partial charge in [-0.2, -0.15) is 5.10 Å². The number of ether oxygens (including phenoxy) is 1. The van der Waals surface area contributed by atoms with Gasteiger partial charge in [0.1, 0.15) is 5.75 Å². The van der Waals surface area contributed by atoms with Gasteiger partial charge in [0.25, 0.3) is 5.91 Å². The van der Waals surface area contributed by atoms with Crippen LogP contribution >= 0.6 is 11.6 Å². The maximum Gasteiger partial charge on any atom is 0.271 e. The van der Waals surface area contributed by atoms with Crippen LogP contribution in [-0.4, -0.2) is 18.7 Å². The van der Waals surface area contributed by atoms with Crippen molar-refractivity contribution in [1.82, 2.24) is 5.43 Å². The van der Waals surface area contributed by atoms with E-state index in [0.717, 1.165) is 17.7 Å². The molecule has 25 heavy (non-hydrogen) atoms. The zero-order chi connectivity index (χ0) is 17.9. The number of hydrogen-bond acceptors (Lipinski definition) is 3. The number of benzene rings is 2. The van der Waals surface area contributed by atoms with Crippen molar-refractivity contribution in [3.8, 4) is 5.75 Å². The van der Waals surface area contributed by atoms with Crippen LogP contribution in [-0.2, 0) is 0 Å². The second kappa shape index (κ2) is 10.5. The van der Waals surface area contributed by atoms with E-state index in [1.165, 1.54) is 25.5 Å². The standard InChI is InChI=1S/C20H23ClN2O2/c1-2-3-4-7-14-25-18-12-10-16(11-13-18)20(24)23-22-15-17-8-5-6-9-19(17)21/h5-6,8-13,15H,2-4,7,14H2,1H3,(H,23,24). The SMILES string of the molecule is CCCCCCOc1ccc(C(=O)NN=Cc2ccccc2Cl)cc1. The maximum atomic E-state index is 12.1. The number of unbranched alkanes of at least 4 members (excludes halogenated alkanes) is 3. The van der Waals surface area contributed by atoms with Crippen LogP contribution in [0.15, 0.2) is 53.6 Å². The average molecular weight is 359 g/mol. The topological polar surface area (TPSA) is 50.7 Å². The van der Waals surface area contributed by atoms with Crippen molar-refractivity contribution in [1.29, 1.82) is 0 Å². The van der Waals surface area contributed by atoms with Gasteiger partial charge in [-0.1, -0.05) is 56.0 Å². The van der Waals surface area contributed by atoms with Gasteiger partial charge < -0.3 is 4.74 Å². The molecule has 1 N–H and O–H groups in total. The summed E-state index contributed by atoms with van der Waals surface area (Å²) in [5, 5.41) is 4.52.